The number of ether oxygens (including phenoxy) is 1. The highest BCUT2D eigenvalue weighted by Crippen LogP contribution is 2.25. The summed E-state index contributed by atoms with van der Waals surface area (Å²) in [5, 5.41) is 7.37. The molecule has 0 radical (unpaired) electrons. The van der Waals surface area contributed by atoms with Gasteiger partial charge in [0, 0.05) is 11.6 Å². The Morgan fingerprint density at radius 1 is 1.33 bits per heavy atom. The molecule has 2 unspecified atom stereocenters. The Morgan fingerprint density at radius 2 is 2.14 bits per heavy atom. The summed E-state index contributed by atoms with van der Waals surface area (Å²) in [5.41, 5.74) is 0.903. The summed E-state index contributed by atoms with van der Waals surface area (Å²) < 4.78 is 10.9. The lowest BCUT2D eigenvalue weighted by atomic mass is 10.00. The Hall–Kier alpha value is -1.88. The Labute approximate surface area is 125 Å². The predicted molar refractivity (Wildman–Crippen MR) is 82.5 cm³/mol. The van der Waals surface area contributed by atoms with Gasteiger partial charge in [-0.15, -0.1) is 0 Å². The number of nitrogens with one attached hydrogen (secondary N) is 1. The lowest BCUT2D eigenvalue weighted by molar-refractivity contribution is 0.326. The van der Waals surface area contributed by atoms with Crippen LogP contribution in [0, 0.1) is 0 Å². The number of hydrogen-bond acceptors (Lipinski definition) is 5. The van der Waals surface area contributed by atoms with Gasteiger partial charge < -0.3 is 14.6 Å². The molecule has 2 atom stereocenters. The fourth-order valence-corrected chi connectivity index (χ4v) is 2.41. The summed E-state index contributed by atoms with van der Waals surface area (Å²) in [6, 6.07) is 8.07. The molecule has 2 rings (SSSR count). The molecule has 0 amide bonds. The molecule has 5 heteroatoms. The standard InChI is InChI=1S/C16H23N3O2/c1-5-14(17-4)11(3)16-18-15(19-21-16)12-8-7-9-13(10-12)20-6-2/h7-11,14,17H,5-6H2,1-4H3. The zero-order valence-corrected chi connectivity index (χ0v) is 13.1. The number of aromatic nitrogens is 2. The van der Waals surface area contributed by atoms with E-state index in [1.165, 1.54) is 0 Å². The molecule has 0 aliphatic heterocycles. The van der Waals surface area contributed by atoms with Crippen molar-refractivity contribution in [2.24, 2.45) is 0 Å². The van der Waals surface area contributed by atoms with E-state index in [1.54, 1.807) is 0 Å². The van der Waals surface area contributed by atoms with Crippen LogP contribution in [0.15, 0.2) is 28.8 Å². The highest BCUT2D eigenvalue weighted by atomic mass is 16.5. The van der Waals surface area contributed by atoms with Crippen LogP contribution in [0.25, 0.3) is 11.4 Å². The van der Waals surface area contributed by atoms with E-state index in [0.29, 0.717) is 24.4 Å². The average Bonchev–Trinajstić information content (AvgIpc) is 2.99. The van der Waals surface area contributed by atoms with E-state index in [2.05, 4.69) is 29.3 Å². The van der Waals surface area contributed by atoms with Gasteiger partial charge in [-0.1, -0.05) is 31.1 Å². The van der Waals surface area contributed by atoms with Crippen LogP contribution in [-0.2, 0) is 0 Å². The average molecular weight is 289 g/mol. The molecule has 5 nitrogen and oxygen atoms in total. The Bertz CT molecular complexity index is 564. The highest BCUT2D eigenvalue weighted by Gasteiger charge is 2.22. The van der Waals surface area contributed by atoms with Gasteiger partial charge in [-0.2, -0.15) is 4.98 Å². The van der Waals surface area contributed by atoms with Gasteiger partial charge in [-0.3, -0.25) is 0 Å². The van der Waals surface area contributed by atoms with Crippen molar-refractivity contribution in [2.45, 2.75) is 39.2 Å². The summed E-state index contributed by atoms with van der Waals surface area (Å²) in [5.74, 6) is 2.25. The number of benzene rings is 1. The fourth-order valence-electron chi connectivity index (χ4n) is 2.41. The van der Waals surface area contributed by atoms with Gasteiger partial charge in [-0.05, 0) is 32.5 Å². The molecular weight excluding hydrogens is 266 g/mol. The third-order valence-corrected chi connectivity index (χ3v) is 3.65. The van der Waals surface area contributed by atoms with Gasteiger partial charge >= 0.3 is 0 Å². The van der Waals surface area contributed by atoms with Crippen molar-refractivity contribution in [1.29, 1.82) is 0 Å². The van der Waals surface area contributed by atoms with Crippen LogP contribution in [0.4, 0.5) is 0 Å². The zero-order chi connectivity index (χ0) is 15.2. The van der Waals surface area contributed by atoms with Crippen molar-refractivity contribution in [2.75, 3.05) is 13.7 Å². The first-order valence-corrected chi connectivity index (χ1v) is 7.43. The van der Waals surface area contributed by atoms with Crippen LogP contribution in [0.1, 0.15) is 39.0 Å². The van der Waals surface area contributed by atoms with Crippen LogP contribution in [0.5, 0.6) is 5.75 Å². The maximum Gasteiger partial charge on any atom is 0.231 e. The Morgan fingerprint density at radius 3 is 2.81 bits per heavy atom. The largest absolute Gasteiger partial charge is 0.494 e. The van der Waals surface area contributed by atoms with Crippen molar-refractivity contribution in [3.63, 3.8) is 0 Å². The van der Waals surface area contributed by atoms with Gasteiger partial charge in [0.25, 0.3) is 0 Å². The smallest absolute Gasteiger partial charge is 0.231 e. The van der Waals surface area contributed by atoms with Crippen molar-refractivity contribution in [3.8, 4) is 17.1 Å². The van der Waals surface area contributed by atoms with Crippen LogP contribution in [0.2, 0.25) is 0 Å². The molecule has 0 bridgehead atoms. The SMILES string of the molecule is CCOc1cccc(-c2noc(C(C)C(CC)NC)n2)c1. The second kappa shape index (κ2) is 7.22. The summed E-state index contributed by atoms with van der Waals surface area (Å²) >= 11 is 0. The second-order valence-electron chi connectivity index (χ2n) is 5.01. The molecule has 0 spiro atoms. The minimum absolute atomic E-state index is 0.177. The van der Waals surface area contributed by atoms with E-state index in [4.69, 9.17) is 9.26 Å². The van der Waals surface area contributed by atoms with Gasteiger partial charge in [0.2, 0.25) is 11.7 Å². The van der Waals surface area contributed by atoms with Crippen molar-refractivity contribution in [3.05, 3.63) is 30.2 Å². The molecular formula is C16H23N3O2. The van der Waals surface area contributed by atoms with Gasteiger partial charge in [-0.25, -0.2) is 0 Å². The molecule has 0 saturated carbocycles. The van der Waals surface area contributed by atoms with E-state index in [-0.39, 0.29) is 5.92 Å². The van der Waals surface area contributed by atoms with E-state index in [0.717, 1.165) is 17.7 Å². The second-order valence-corrected chi connectivity index (χ2v) is 5.01. The van der Waals surface area contributed by atoms with Gasteiger partial charge in [0.05, 0.1) is 12.5 Å². The zero-order valence-electron chi connectivity index (χ0n) is 13.1. The van der Waals surface area contributed by atoms with Gasteiger partial charge in [0.1, 0.15) is 5.75 Å². The van der Waals surface area contributed by atoms with Crippen molar-refractivity contribution >= 4 is 0 Å². The third kappa shape index (κ3) is 3.61. The molecule has 21 heavy (non-hydrogen) atoms. The lowest BCUT2D eigenvalue weighted by Crippen LogP contribution is -2.30. The van der Waals surface area contributed by atoms with Gasteiger partial charge in [0.15, 0.2) is 0 Å². The third-order valence-electron chi connectivity index (χ3n) is 3.65. The molecule has 0 aliphatic carbocycles. The normalized spacial score (nSPS) is 13.9. The maximum atomic E-state index is 5.50. The molecule has 0 fully saturated rings. The molecule has 2 aromatic rings. The number of hydrogen-bond donors (Lipinski definition) is 1. The Kier molecular flexibility index (Phi) is 5.33. The lowest BCUT2D eigenvalue weighted by Gasteiger charge is -2.18. The summed E-state index contributed by atoms with van der Waals surface area (Å²) in [7, 11) is 1.95. The minimum Gasteiger partial charge on any atom is -0.494 e. The first-order chi connectivity index (χ1) is 10.2. The van der Waals surface area contributed by atoms with Crippen LogP contribution >= 0.6 is 0 Å². The monoisotopic (exact) mass is 289 g/mol. The molecule has 1 aromatic heterocycles. The molecule has 1 heterocycles. The van der Waals surface area contributed by atoms with Crippen molar-refractivity contribution in [1.82, 2.24) is 15.5 Å². The molecule has 114 valence electrons. The molecule has 0 aliphatic rings. The minimum atomic E-state index is 0.177. The summed E-state index contributed by atoms with van der Waals surface area (Å²) in [4.78, 5) is 4.53. The number of nitrogens with zero attached hydrogens (tertiary/aromatic N) is 2. The quantitative estimate of drug-likeness (QED) is 0.848. The summed E-state index contributed by atoms with van der Waals surface area (Å²) in [6.07, 6.45) is 1.01. The van der Waals surface area contributed by atoms with Crippen molar-refractivity contribution < 1.29 is 9.26 Å². The summed E-state index contributed by atoms with van der Waals surface area (Å²) in [6.45, 7) is 6.83. The molecule has 1 aromatic carbocycles. The maximum absolute atomic E-state index is 5.50. The van der Waals surface area contributed by atoms with E-state index in [1.807, 2.05) is 38.2 Å². The van der Waals surface area contributed by atoms with Crippen LogP contribution < -0.4 is 10.1 Å². The molecule has 0 saturated heterocycles. The highest BCUT2D eigenvalue weighted by molar-refractivity contribution is 5.56. The predicted octanol–water partition coefficient (Wildman–Crippen LogP) is 3.24. The first kappa shape index (κ1) is 15.5. The van der Waals surface area contributed by atoms with Crippen LogP contribution in [-0.4, -0.2) is 29.8 Å². The Balaban J connectivity index is 2.21. The topological polar surface area (TPSA) is 60.2 Å². The molecule has 1 N–H and O–H groups in total. The van der Waals surface area contributed by atoms with E-state index < -0.39 is 0 Å². The first-order valence-electron chi connectivity index (χ1n) is 7.43. The van der Waals surface area contributed by atoms with E-state index >= 15 is 0 Å². The van der Waals surface area contributed by atoms with Crippen LogP contribution in [0.3, 0.4) is 0 Å². The fraction of sp³-hybridized carbons (Fsp3) is 0.500. The number of rotatable bonds is 7. The van der Waals surface area contributed by atoms with E-state index in [9.17, 15) is 0 Å². The number of likely N-dealkylation sites (N-methyl/N-ethyl adjacent to an activating group) is 1.